The molecule has 0 saturated carbocycles. The fraction of sp³-hybridized carbons (Fsp3) is 0.500. The summed E-state index contributed by atoms with van der Waals surface area (Å²) in [6.45, 7) is 3.52. The largest absolute Gasteiger partial charge is 0.491 e. The van der Waals surface area contributed by atoms with Crippen LogP contribution in [0.1, 0.15) is 6.42 Å². The minimum atomic E-state index is 0.627. The second-order valence-corrected chi connectivity index (χ2v) is 3.85. The van der Waals surface area contributed by atoms with Crippen LogP contribution in [-0.4, -0.2) is 33.3 Å². The molecule has 0 aliphatic heterocycles. The number of hydrogen-bond acceptors (Lipinski definition) is 5. The van der Waals surface area contributed by atoms with E-state index in [9.17, 15) is 0 Å². The molecule has 0 unspecified atom stereocenters. The Balaban J connectivity index is 2.15. The summed E-state index contributed by atoms with van der Waals surface area (Å²) in [7, 11) is 1.94. The zero-order valence-electron chi connectivity index (χ0n) is 10.3. The van der Waals surface area contributed by atoms with Gasteiger partial charge < -0.3 is 26.8 Å². The fourth-order valence-corrected chi connectivity index (χ4v) is 1.39. The summed E-state index contributed by atoms with van der Waals surface area (Å²) in [6.07, 6.45) is 0.942. The molecule has 0 spiro atoms. The maximum atomic E-state index is 5.77. The van der Waals surface area contributed by atoms with Gasteiger partial charge in [0, 0.05) is 24.8 Å². The van der Waals surface area contributed by atoms with Gasteiger partial charge in [-0.15, -0.1) is 0 Å². The number of nitrogens with one attached hydrogen (secondary N) is 2. The van der Waals surface area contributed by atoms with E-state index in [0.717, 1.165) is 26.1 Å². The van der Waals surface area contributed by atoms with Gasteiger partial charge in [-0.25, -0.2) is 0 Å². The van der Waals surface area contributed by atoms with Crippen molar-refractivity contribution in [3.63, 3.8) is 0 Å². The molecule has 96 valence electrons. The summed E-state index contributed by atoms with van der Waals surface area (Å²) < 4.78 is 5.56. The maximum absolute atomic E-state index is 5.77. The Hall–Kier alpha value is -1.46. The van der Waals surface area contributed by atoms with Crippen LogP contribution in [0.3, 0.4) is 0 Å². The molecule has 0 bridgehead atoms. The molecule has 0 heterocycles. The first-order valence-corrected chi connectivity index (χ1v) is 5.87. The molecular formula is C12H22N4O. The summed E-state index contributed by atoms with van der Waals surface area (Å²) >= 11 is 0. The number of nitrogens with two attached hydrogens (primary N) is 2. The van der Waals surface area contributed by atoms with Gasteiger partial charge in [-0.2, -0.15) is 0 Å². The molecule has 0 radical (unpaired) electrons. The molecule has 0 atom stereocenters. The number of nitrogen functional groups attached to an aromatic ring is 2. The van der Waals surface area contributed by atoms with E-state index >= 15 is 0 Å². The SMILES string of the molecule is CNCCNCCCOc1cc(N)ccc1N. The summed E-state index contributed by atoms with van der Waals surface area (Å²) in [4.78, 5) is 0. The summed E-state index contributed by atoms with van der Waals surface area (Å²) in [5.41, 5.74) is 12.7. The van der Waals surface area contributed by atoms with E-state index in [4.69, 9.17) is 16.2 Å². The molecule has 0 amide bonds. The number of likely N-dealkylation sites (N-methyl/N-ethyl adjacent to an activating group) is 1. The van der Waals surface area contributed by atoms with Crippen molar-refractivity contribution in [3.05, 3.63) is 18.2 Å². The molecule has 6 N–H and O–H groups in total. The third-order valence-corrected chi connectivity index (χ3v) is 2.34. The lowest BCUT2D eigenvalue weighted by Gasteiger charge is -2.10. The Morgan fingerprint density at radius 3 is 2.76 bits per heavy atom. The second kappa shape index (κ2) is 7.76. The predicted molar refractivity (Wildman–Crippen MR) is 72.2 cm³/mol. The van der Waals surface area contributed by atoms with Gasteiger partial charge in [-0.3, -0.25) is 0 Å². The predicted octanol–water partition coefficient (Wildman–Crippen LogP) is 0.429. The lowest BCUT2D eigenvalue weighted by atomic mass is 10.2. The van der Waals surface area contributed by atoms with Gasteiger partial charge in [0.1, 0.15) is 5.75 Å². The molecule has 0 aliphatic rings. The van der Waals surface area contributed by atoms with Crippen LogP contribution < -0.4 is 26.8 Å². The Bertz CT molecular complexity index is 330. The third-order valence-electron chi connectivity index (χ3n) is 2.34. The van der Waals surface area contributed by atoms with E-state index in [0.29, 0.717) is 23.7 Å². The average Bonchev–Trinajstić information content (AvgIpc) is 2.32. The summed E-state index contributed by atoms with van der Waals surface area (Å²) in [5.74, 6) is 0.667. The molecule has 0 saturated heterocycles. The second-order valence-electron chi connectivity index (χ2n) is 3.85. The number of benzene rings is 1. The Morgan fingerprint density at radius 1 is 1.18 bits per heavy atom. The molecule has 0 aliphatic carbocycles. The van der Waals surface area contributed by atoms with Crippen LogP contribution in [0.2, 0.25) is 0 Å². The minimum absolute atomic E-state index is 0.627. The molecule has 0 aromatic heterocycles. The zero-order valence-corrected chi connectivity index (χ0v) is 10.3. The maximum Gasteiger partial charge on any atom is 0.144 e. The van der Waals surface area contributed by atoms with Crippen molar-refractivity contribution >= 4 is 11.4 Å². The number of rotatable bonds is 8. The first kappa shape index (κ1) is 13.6. The summed E-state index contributed by atoms with van der Waals surface area (Å²) in [5, 5.41) is 6.37. The van der Waals surface area contributed by atoms with Gasteiger partial charge in [0.15, 0.2) is 0 Å². The van der Waals surface area contributed by atoms with Crippen LogP contribution in [0.5, 0.6) is 5.75 Å². The Kier molecular flexibility index (Phi) is 6.21. The van der Waals surface area contributed by atoms with Gasteiger partial charge in [0.25, 0.3) is 0 Å². The standard InChI is InChI=1S/C12H22N4O/c1-15-6-7-16-5-2-8-17-12-9-10(13)3-4-11(12)14/h3-4,9,15-16H,2,5-8,13-14H2,1H3. The van der Waals surface area contributed by atoms with Gasteiger partial charge in [-0.05, 0) is 32.1 Å². The number of ether oxygens (including phenoxy) is 1. The van der Waals surface area contributed by atoms with E-state index in [1.165, 1.54) is 0 Å². The number of anilines is 2. The molecule has 1 rings (SSSR count). The van der Waals surface area contributed by atoms with Crippen molar-refractivity contribution in [1.29, 1.82) is 0 Å². The third kappa shape index (κ3) is 5.42. The highest BCUT2D eigenvalue weighted by atomic mass is 16.5. The van der Waals surface area contributed by atoms with Crippen molar-refractivity contribution in [2.75, 3.05) is 44.8 Å². The fourth-order valence-electron chi connectivity index (χ4n) is 1.39. The van der Waals surface area contributed by atoms with Gasteiger partial charge in [0.2, 0.25) is 0 Å². The first-order chi connectivity index (χ1) is 8.24. The monoisotopic (exact) mass is 238 g/mol. The molecule has 17 heavy (non-hydrogen) atoms. The molecule has 5 heteroatoms. The van der Waals surface area contributed by atoms with Gasteiger partial charge >= 0.3 is 0 Å². The highest BCUT2D eigenvalue weighted by molar-refractivity contribution is 5.59. The van der Waals surface area contributed by atoms with Crippen LogP contribution in [0, 0.1) is 0 Å². The first-order valence-electron chi connectivity index (χ1n) is 5.87. The topological polar surface area (TPSA) is 85.3 Å². The van der Waals surface area contributed by atoms with Crippen LogP contribution in [0.15, 0.2) is 18.2 Å². The van der Waals surface area contributed by atoms with Crippen LogP contribution in [-0.2, 0) is 0 Å². The molecule has 5 nitrogen and oxygen atoms in total. The summed E-state index contributed by atoms with van der Waals surface area (Å²) in [6, 6.07) is 5.28. The molecule has 1 aromatic rings. The van der Waals surface area contributed by atoms with E-state index in [2.05, 4.69) is 10.6 Å². The molecule has 0 fully saturated rings. The van der Waals surface area contributed by atoms with Crippen molar-refractivity contribution in [2.45, 2.75) is 6.42 Å². The lowest BCUT2D eigenvalue weighted by molar-refractivity contribution is 0.310. The van der Waals surface area contributed by atoms with Crippen LogP contribution in [0.25, 0.3) is 0 Å². The smallest absolute Gasteiger partial charge is 0.144 e. The van der Waals surface area contributed by atoms with Gasteiger partial charge in [0.05, 0.1) is 12.3 Å². The number of hydrogen-bond donors (Lipinski definition) is 4. The van der Waals surface area contributed by atoms with E-state index in [1.807, 2.05) is 7.05 Å². The Morgan fingerprint density at radius 2 is 2.00 bits per heavy atom. The highest BCUT2D eigenvalue weighted by Gasteiger charge is 2.00. The molecular weight excluding hydrogens is 216 g/mol. The van der Waals surface area contributed by atoms with Crippen molar-refractivity contribution < 1.29 is 4.74 Å². The normalized spacial score (nSPS) is 10.4. The highest BCUT2D eigenvalue weighted by Crippen LogP contribution is 2.23. The van der Waals surface area contributed by atoms with Crippen LogP contribution in [0.4, 0.5) is 11.4 Å². The van der Waals surface area contributed by atoms with Gasteiger partial charge in [-0.1, -0.05) is 0 Å². The van der Waals surface area contributed by atoms with Crippen molar-refractivity contribution in [3.8, 4) is 5.75 Å². The Labute approximate surface area is 103 Å². The molecule has 1 aromatic carbocycles. The quantitative estimate of drug-likeness (QED) is 0.390. The van der Waals surface area contributed by atoms with E-state index < -0.39 is 0 Å². The van der Waals surface area contributed by atoms with E-state index in [-0.39, 0.29) is 0 Å². The van der Waals surface area contributed by atoms with Crippen molar-refractivity contribution in [2.24, 2.45) is 0 Å². The van der Waals surface area contributed by atoms with Crippen molar-refractivity contribution in [1.82, 2.24) is 10.6 Å². The zero-order chi connectivity index (χ0) is 12.5. The van der Waals surface area contributed by atoms with E-state index in [1.54, 1.807) is 18.2 Å². The minimum Gasteiger partial charge on any atom is -0.491 e. The van der Waals surface area contributed by atoms with Crippen LogP contribution >= 0.6 is 0 Å². The lowest BCUT2D eigenvalue weighted by Crippen LogP contribution is -2.26. The average molecular weight is 238 g/mol.